The van der Waals surface area contributed by atoms with Crippen LogP contribution in [-0.2, 0) is 14.3 Å². The monoisotopic (exact) mass is 254 g/mol. The van der Waals surface area contributed by atoms with E-state index in [4.69, 9.17) is 9.47 Å². The van der Waals surface area contributed by atoms with Crippen molar-refractivity contribution in [2.45, 2.75) is 70.4 Å². The van der Waals surface area contributed by atoms with Crippen molar-refractivity contribution in [3.05, 3.63) is 0 Å². The first-order valence-electron chi connectivity index (χ1n) is 7.07. The van der Waals surface area contributed by atoms with Crippen LogP contribution in [0.1, 0.15) is 46.0 Å². The fourth-order valence-electron chi connectivity index (χ4n) is 3.62. The molecule has 0 radical (unpaired) electrons. The van der Waals surface area contributed by atoms with Gasteiger partial charge in [-0.25, -0.2) is 0 Å². The Bertz CT molecular complexity index is 356. The molecule has 2 saturated heterocycles. The summed E-state index contributed by atoms with van der Waals surface area (Å²) < 4.78 is 11.1. The molecule has 0 spiro atoms. The summed E-state index contributed by atoms with van der Waals surface area (Å²) >= 11 is 0. The third-order valence-electron chi connectivity index (χ3n) is 5.05. The summed E-state index contributed by atoms with van der Waals surface area (Å²) in [4.78, 5) is 11.6. The van der Waals surface area contributed by atoms with Crippen LogP contribution in [0.2, 0.25) is 0 Å². The molecule has 0 amide bonds. The van der Waals surface area contributed by atoms with E-state index in [0.29, 0.717) is 24.7 Å². The molecule has 0 bridgehead atoms. The maximum absolute atomic E-state index is 11.6. The third-order valence-corrected chi connectivity index (χ3v) is 5.05. The highest BCUT2D eigenvalue weighted by atomic mass is 16.6. The smallest absolute Gasteiger partial charge is 0.307 e. The fourth-order valence-corrected chi connectivity index (χ4v) is 3.62. The molecule has 1 N–H and O–H groups in total. The van der Waals surface area contributed by atoms with Gasteiger partial charge in [0, 0.05) is 0 Å². The second-order valence-electron chi connectivity index (χ2n) is 6.36. The fraction of sp³-hybridized carbons (Fsp3) is 0.929. The van der Waals surface area contributed by atoms with Gasteiger partial charge in [-0.1, -0.05) is 13.8 Å². The molecule has 6 unspecified atom stereocenters. The molecule has 0 aromatic heterocycles. The van der Waals surface area contributed by atoms with Gasteiger partial charge >= 0.3 is 5.97 Å². The van der Waals surface area contributed by atoms with Crippen LogP contribution in [0, 0.1) is 11.3 Å². The number of rotatable bonds is 5. The predicted molar refractivity (Wildman–Crippen MR) is 65.3 cm³/mol. The molecular formula is C14H22O4. The Kier molecular flexibility index (Phi) is 2.90. The van der Waals surface area contributed by atoms with Crippen molar-refractivity contribution < 1.29 is 19.4 Å². The number of carbonyl (C=O) groups is 1. The van der Waals surface area contributed by atoms with E-state index in [1.807, 2.05) is 0 Å². The molecule has 2 heterocycles. The van der Waals surface area contributed by atoms with Gasteiger partial charge in [0.15, 0.2) is 0 Å². The number of epoxide rings is 2. The minimum atomic E-state index is -0.665. The van der Waals surface area contributed by atoms with Crippen LogP contribution in [-0.4, -0.2) is 35.5 Å². The number of hydrogen-bond donors (Lipinski definition) is 1. The minimum Gasteiger partial charge on any atom is -0.481 e. The summed E-state index contributed by atoms with van der Waals surface area (Å²) in [6.07, 6.45) is 5.76. The number of aliphatic carboxylic acids is 1. The maximum atomic E-state index is 11.6. The Hall–Kier alpha value is -0.610. The molecule has 1 saturated carbocycles. The second kappa shape index (κ2) is 4.20. The van der Waals surface area contributed by atoms with Crippen LogP contribution < -0.4 is 0 Å². The Balaban J connectivity index is 1.66. The standard InChI is InChI=1S/C14H22O4/c1-3-9-11(17-9)6-8(13(15)16)14(2)5-4-10-12(7-14)18-10/h8-12H,3-7H2,1-2H3,(H,15,16). The number of ether oxygens (including phenoxy) is 2. The third kappa shape index (κ3) is 2.16. The zero-order valence-corrected chi connectivity index (χ0v) is 11.1. The van der Waals surface area contributed by atoms with Crippen molar-refractivity contribution in [2.75, 3.05) is 0 Å². The lowest BCUT2D eigenvalue weighted by Gasteiger charge is -2.37. The molecule has 3 aliphatic rings. The van der Waals surface area contributed by atoms with Gasteiger partial charge in [-0.15, -0.1) is 0 Å². The number of hydrogen-bond acceptors (Lipinski definition) is 3. The van der Waals surface area contributed by atoms with E-state index in [9.17, 15) is 9.90 Å². The van der Waals surface area contributed by atoms with Gasteiger partial charge in [0.25, 0.3) is 0 Å². The van der Waals surface area contributed by atoms with Crippen LogP contribution in [0.15, 0.2) is 0 Å². The number of fused-ring (bicyclic) bond motifs is 1. The molecule has 102 valence electrons. The Morgan fingerprint density at radius 1 is 1.39 bits per heavy atom. The summed E-state index contributed by atoms with van der Waals surface area (Å²) in [5.41, 5.74) is -0.117. The van der Waals surface area contributed by atoms with Gasteiger partial charge < -0.3 is 14.6 Å². The minimum absolute atomic E-state index is 0.117. The molecule has 2 aliphatic heterocycles. The Morgan fingerprint density at radius 2 is 2.17 bits per heavy atom. The van der Waals surface area contributed by atoms with E-state index in [1.54, 1.807) is 0 Å². The van der Waals surface area contributed by atoms with Gasteiger partial charge in [-0.05, 0) is 37.5 Å². The molecule has 6 atom stereocenters. The van der Waals surface area contributed by atoms with Crippen molar-refractivity contribution in [3.8, 4) is 0 Å². The van der Waals surface area contributed by atoms with E-state index < -0.39 is 5.97 Å². The molecule has 18 heavy (non-hydrogen) atoms. The molecule has 0 aromatic carbocycles. The topological polar surface area (TPSA) is 62.4 Å². The van der Waals surface area contributed by atoms with Crippen molar-refractivity contribution in [2.24, 2.45) is 11.3 Å². The quantitative estimate of drug-likeness (QED) is 0.764. The Morgan fingerprint density at radius 3 is 2.72 bits per heavy atom. The first kappa shape index (κ1) is 12.4. The molecule has 3 rings (SSSR count). The highest BCUT2D eigenvalue weighted by Gasteiger charge is 2.54. The van der Waals surface area contributed by atoms with E-state index in [0.717, 1.165) is 25.7 Å². The number of carboxylic acids is 1. The van der Waals surface area contributed by atoms with E-state index in [1.165, 1.54) is 0 Å². The van der Waals surface area contributed by atoms with Crippen LogP contribution in [0.4, 0.5) is 0 Å². The van der Waals surface area contributed by atoms with Crippen molar-refractivity contribution in [3.63, 3.8) is 0 Å². The van der Waals surface area contributed by atoms with Crippen LogP contribution in [0.5, 0.6) is 0 Å². The van der Waals surface area contributed by atoms with E-state index >= 15 is 0 Å². The molecule has 3 fully saturated rings. The zero-order valence-electron chi connectivity index (χ0n) is 11.1. The summed E-state index contributed by atoms with van der Waals surface area (Å²) in [7, 11) is 0. The molecule has 4 heteroatoms. The first-order chi connectivity index (χ1) is 8.53. The first-order valence-corrected chi connectivity index (χ1v) is 7.07. The molecule has 0 aromatic rings. The summed E-state index contributed by atoms with van der Waals surface area (Å²) in [5, 5.41) is 9.53. The van der Waals surface area contributed by atoms with Crippen molar-refractivity contribution in [1.82, 2.24) is 0 Å². The average Bonchev–Trinajstić information content (AvgIpc) is 3.20. The van der Waals surface area contributed by atoms with Gasteiger partial charge in [-0.2, -0.15) is 0 Å². The lowest BCUT2D eigenvalue weighted by Crippen LogP contribution is -2.38. The molecular weight excluding hydrogens is 232 g/mol. The van der Waals surface area contributed by atoms with Gasteiger partial charge in [-0.3, -0.25) is 4.79 Å². The van der Waals surface area contributed by atoms with Crippen LogP contribution >= 0.6 is 0 Å². The SMILES string of the molecule is CCC1OC1CC(C(=O)O)C1(C)CCC2OC2C1. The molecule has 1 aliphatic carbocycles. The predicted octanol–water partition coefficient (Wildman–Crippen LogP) is 2.21. The average molecular weight is 254 g/mol. The zero-order chi connectivity index (χ0) is 12.9. The lowest BCUT2D eigenvalue weighted by molar-refractivity contribution is -0.147. The summed E-state index contributed by atoms with van der Waals surface area (Å²) in [5.74, 6) is -0.953. The van der Waals surface area contributed by atoms with Gasteiger partial charge in [0.05, 0.1) is 30.3 Å². The highest BCUT2D eigenvalue weighted by Crippen LogP contribution is 2.52. The molecule has 4 nitrogen and oxygen atoms in total. The van der Waals surface area contributed by atoms with Gasteiger partial charge in [0.2, 0.25) is 0 Å². The largest absolute Gasteiger partial charge is 0.481 e. The summed E-state index contributed by atoms with van der Waals surface area (Å²) in [6.45, 7) is 4.21. The summed E-state index contributed by atoms with van der Waals surface area (Å²) in [6, 6.07) is 0. The lowest BCUT2D eigenvalue weighted by atomic mass is 9.65. The van der Waals surface area contributed by atoms with Crippen molar-refractivity contribution >= 4 is 5.97 Å². The Labute approximate surface area is 108 Å². The van der Waals surface area contributed by atoms with Crippen LogP contribution in [0.3, 0.4) is 0 Å². The second-order valence-corrected chi connectivity index (χ2v) is 6.36. The van der Waals surface area contributed by atoms with E-state index in [-0.39, 0.29) is 17.4 Å². The van der Waals surface area contributed by atoms with E-state index in [2.05, 4.69) is 13.8 Å². The van der Waals surface area contributed by atoms with Crippen LogP contribution in [0.25, 0.3) is 0 Å². The normalized spacial score (nSPS) is 47.2. The van der Waals surface area contributed by atoms with Crippen molar-refractivity contribution in [1.29, 1.82) is 0 Å². The number of carboxylic acid groups (broad SMARTS) is 1. The maximum Gasteiger partial charge on any atom is 0.307 e. The highest BCUT2D eigenvalue weighted by molar-refractivity contribution is 5.71. The van der Waals surface area contributed by atoms with Gasteiger partial charge in [0.1, 0.15) is 0 Å².